The van der Waals surface area contributed by atoms with Gasteiger partial charge in [-0.3, -0.25) is 9.52 Å². The Morgan fingerprint density at radius 2 is 1.94 bits per heavy atom. The maximum absolute atomic E-state index is 12.8. The first kappa shape index (κ1) is 23.3. The molecule has 7 heteroatoms. The van der Waals surface area contributed by atoms with Crippen LogP contribution in [-0.4, -0.2) is 44.9 Å². The van der Waals surface area contributed by atoms with Crippen LogP contribution in [0.25, 0.3) is 0 Å². The van der Waals surface area contributed by atoms with E-state index in [0.717, 1.165) is 25.1 Å². The van der Waals surface area contributed by atoms with Gasteiger partial charge in [0.05, 0.1) is 4.90 Å². The SMILES string of the molecule is Cc1ccc(C)c(S(=O)(=O)Nc2cccc(C(=O)NCCCN3CCCCC3C)c2)c1. The average Bonchev–Trinajstić information content (AvgIpc) is 2.73. The fraction of sp³-hybridized carbons (Fsp3) is 0.458. The number of hydrogen-bond acceptors (Lipinski definition) is 4. The average molecular weight is 444 g/mol. The van der Waals surface area contributed by atoms with Crippen molar-refractivity contribution >= 4 is 21.6 Å². The lowest BCUT2D eigenvalue weighted by Gasteiger charge is -2.33. The number of carbonyl (C=O) groups is 1. The number of piperidine rings is 1. The summed E-state index contributed by atoms with van der Waals surface area (Å²) in [6.45, 7) is 8.61. The summed E-state index contributed by atoms with van der Waals surface area (Å²) in [5.41, 5.74) is 2.36. The fourth-order valence-corrected chi connectivity index (χ4v) is 5.39. The Morgan fingerprint density at radius 1 is 1.13 bits per heavy atom. The highest BCUT2D eigenvalue weighted by molar-refractivity contribution is 7.92. The first-order valence-corrected chi connectivity index (χ1v) is 12.5. The van der Waals surface area contributed by atoms with E-state index in [-0.39, 0.29) is 10.8 Å². The van der Waals surface area contributed by atoms with E-state index in [1.165, 1.54) is 19.3 Å². The molecule has 0 spiro atoms. The van der Waals surface area contributed by atoms with Crippen molar-refractivity contribution in [1.82, 2.24) is 10.2 Å². The Labute approximate surface area is 186 Å². The number of nitrogens with zero attached hydrogens (tertiary/aromatic N) is 1. The van der Waals surface area contributed by atoms with Crippen molar-refractivity contribution in [1.29, 1.82) is 0 Å². The second-order valence-corrected chi connectivity index (χ2v) is 10.1. The van der Waals surface area contributed by atoms with Gasteiger partial charge in [0.1, 0.15) is 0 Å². The highest BCUT2D eigenvalue weighted by atomic mass is 32.2. The molecule has 2 N–H and O–H groups in total. The summed E-state index contributed by atoms with van der Waals surface area (Å²) in [6, 6.07) is 12.5. The van der Waals surface area contributed by atoms with Crippen molar-refractivity contribution in [2.45, 2.75) is 57.4 Å². The van der Waals surface area contributed by atoms with Crippen molar-refractivity contribution < 1.29 is 13.2 Å². The van der Waals surface area contributed by atoms with Gasteiger partial charge in [-0.25, -0.2) is 8.42 Å². The molecule has 3 rings (SSSR count). The Kier molecular flexibility index (Phi) is 7.73. The molecule has 31 heavy (non-hydrogen) atoms. The molecule has 0 saturated carbocycles. The molecule has 2 aromatic rings. The second-order valence-electron chi connectivity index (χ2n) is 8.45. The van der Waals surface area contributed by atoms with Crippen LogP contribution in [0, 0.1) is 13.8 Å². The third kappa shape index (κ3) is 6.31. The maximum Gasteiger partial charge on any atom is 0.262 e. The van der Waals surface area contributed by atoms with Gasteiger partial charge in [0.15, 0.2) is 0 Å². The van der Waals surface area contributed by atoms with Gasteiger partial charge in [0.25, 0.3) is 15.9 Å². The normalized spacial score (nSPS) is 17.3. The summed E-state index contributed by atoms with van der Waals surface area (Å²) < 4.78 is 28.3. The molecule has 168 valence electrons. The fourth-order valence-electron chi connectivity index (χ4n) is 4.01. The quantitative estimate of drug-likeness (QED) is 0.602. The minimum absolute atomic E-state index is 0.195. The van der Waals surface area contributed by atoms with E-state index in [1.807, 2.05) is 13.0 Å². The van der Waals surface area contributed by atoms with E-state index in [4.69, 9.17) is 0 Å². The van der Waals surface area contributed by atoms with E-state index in [1.54, 1.807) is 43.3 Å². The molecule has 0 bridgehead atoms. The second kappa shape index (κ2) is 10.3. The van der Waals surface area contributed by atoms with Crippen LogP contribution in [0.5, 0.6) is 0 Å². The summed E-state index contributed by atoms with van der Waals surface area (Å²) in [6.07, 6.45) is 4.70. The molecule has 1 fully saturated rings. The van der Waals surface area contributed by atoms with Crippen molar-refractivity contribution in [2.24, 2.45) is 0 Å². The molecule has 1 unspecified atom stereocenters. The zero-order valence-electron chi connectivity index (χ0n) is 18.6. The van der Waals surface area contributed by atoms with Gasteiger partial charge in [-0.05, 0) is 82.0 Å². The van der Waals surface area contributed by atoms with Gasteiger partial charge in [-0.15, -0.1) is 0 Å². The number of aryl methyl sites for hydroxylation is 2. The molecule has 0 aliphatic carbocycles. The van der Waals surface area contributed by atoms with E-state index in [0.29, 0.717) is 29.4 Å². The molecule has 0 aromatic heterocycles. The minimum Gasteiger partial charge on any atom is -0.352 e. The summed E-state index contributed by atoms with van der Waals surface area (Å²) in [4.78, 5) is 15.3. The molecular weight excluding hydrogens is 410 g/mol. The Bertz CT molecular complexity index is 1020. The summed E-state index contributed by atoms with van der Waals surface area (Å²) in [5, 5.41) is 2.95. The number of sulfonamides is 1. The molecule has 1 heterocycles. The molecule has 1 aliphatic rings. The third-order valence-corrected chi connectivity index (χ3v) is 7.38. The molecule has 6 nitrogen and oxygen atoms in total. The first-order valence-electron chi connectivity index (χ1n) is 11.0. The van der Waals surface area contributed by atoms with Gasteiger partial charge in [0.2, 0.25) is 0 Å². The zero-order chi connectivity index (χ0) is 22.4. The maximum atomic E-state index is 12.8. The van der Waals surface area contributed by atoms with Crippen LogP contribution in [0.3, 0.4) is 0 Å². The van der Waals surface area contributed by atoms with Crippen molar-refractivity contribution in [3.05, 3.63) is 59.2 Å². The molecule has 2 aromatic carbocycles. The number of benzene rings is 2. The number of nitrogens with one attached hydrogen (secondary N) is 2. The molecule has 1 amide bonds. The summed E-state index contributed by atoms with van der Waals surface area (Å²) >= 11 is 0. The van der Waals surface area contributed by atoms with Crippen molar-refractivity contribution in [3.63, 3.8) is 0 Å². The Morgan fingerprint density at radius 3 is 2.71 bits per heavy atom. The lowest BCUT2D eigenvalue weighted by Crippen LogP contribution is -2.39. The van der Waals surface area contributed by atoms with E-state index < -0.39 is 10.0 Å². The largest absolute Gasteiger partial charge is 0.352 e. The summed E-state index contributed by atoms with van der Waals surface area (Å²) in [7, 11) is -3.73. The van der Waals surface area contributed by atoms with Crippen LogP contribution in [0.2, 0.25) is 0 Å². The molecule has 1 atom stereocenters. The topological polar surface area (TPSA) is 78.5 Å². The lowest BCUT2D eigenvalue weighted by atomic mass is 10.0. The van der Waals surface area contributed by atoms with Crippen LogP contribution in [0.4, 0.5) is 5.69 Å². The predicted molar refractivity (Wildman–Crippen MR) is 125 cm³/mol. The van der Waals surface area contributed by atoms with Gasteiger partial charge >= 0.3 is 0 Å². The van der Waals surface area contributed by atoms with Crippen LogP contribution in [0.1, 0.15) is 54.1 Å². The third-order valence-electron chi connectivity index (χ3n) is 5.86. The number of likely N-dealkylation sites (tertiary alicyclic amines) is 1. The van der Waals surface area contributed by atoms with Crippen LogP contribution < -0.4 is 10.0 Å². The van der Waals surface area contributed by atoms with Crippen LogP contribution in [-0.2, 0) is 10.0 Å². The smallest absolute Gasteiger partial charge is 0.262 e. The molecular formula is C24H33N3O3S. The number of anilines is 1. The number of amides is 1. The van der Waals surface area contributed by atoms with Crippen LogP contribution >= 0.6 is 0 Å². The standard InChI is InChI=1S/C24H33N3O3S/c1-18-11-12-19(2)23(16-18)31(29,30)26-22-10-6-9-21(17-22)24(28)25-13-7-15-27-14-5-4-8-20(27)3/h6,9-12,16-17,20,26H,4-5,7-8,13-15H2,1-3H3,(H,25,28). The number of hydrogen-bond donors (Lipinski definition) is 2. The minimum atomic E-state index is -3.73. The Hall–Kier alpha value is -2.38. The van der Waals surface area contributed by atoms with Gasteiger partial charge in [0, 0.05) is 30.4 Å². The molecule has 0 radical (unpaired) electrons. The summed E-state index contributed by atoms with van der Waals surface area (Å²) in [5.74, 6) is -0.195. The molecule has 1 aliphatic heterocycles. The number of carbonyl (C=O) groups excluding carboxylic acids is 1. The van der Waals surface area contributed by atoms with Crippen molar-refractivity contribution in [3.8, 4) is 0 Å². The van der Waals surface area contributed by atoms with E-state index in [2.05, 4.69) is 21.9 Å². The van der Waals surface area contributed by atoms with Gasteiger partial charge < -0.3 is 10.2 Å². The first-order chi connectivity index (χ1) is 14.8. The zero-order valence-corrected chi connectivity index (χ0v) is 19.5. The van der Waals surface area contributed by atoms with E-state index in [9.17, 15) is 13.2 Å². The van der Waals surface area contributed by atoms with Gasteiger partial charge in [-0.2, -0.15) is 0 Å². The van der Waals surface area contributed by atoms with Gasteiger partial charge in [-0.1, -0.05) is 24.6 Å². The van der Waals surface area contributed by atoms with Crippen LogP contribution in [0.15, 0.2) is 47.4 Å². The Balaban J connectivity index is 1.58. The van der Waals surface area contributed by atoms with Crippen molar-refractivity contribution in [2.75, 3.05) is 24.4 Å². The molecule has 1 saturated heterocycles. The van der Waals surface area contributed by atoms with E-state index >= 15 is 0 Å². The highest BCUT2D eigenvalue weighted by Gasteiger charge is 2.19. The highest BCUT2D eigenvalue weighted by Crippen LogP contribution is 2.21. The lowest BCUT2D eigenvalue weighted by molar-refractivity contribution is 0.0949. The number of rotatable bonds is 8. The monoisotopic (exact) mass is 443 g/mol. The predicted octanol–water partition coefficient (Wildman–Crippen LogP) is 4.10.